The second kappa shape index (κ2) is 7.70. The Hall–Kier alpha value is -3.02. The van der Waals surface area contributed by atoms with E-state index in [0.29, 0.717) is 30.2 Å². The minimum atomic E-state index is -0.557. The summed E-state index contributed by atoms with van der Waals surface area (Å²) in [6, 6.07) is 12.1. The number of nitrogens with zero attached hydrogens (tertiary/aromatic N) is 2. The van der Waals surface area contributed by atoms with Crippen molar-refractivity contribution >= 4 is 17.5 Å². The van der Waals surface area contributed by atoms with Crippen molar-refractivity contribution in [3.63, 3.8) is 0 Å². The highest BCUT2D eigenvalue weighted by molar-refractivity contribution is 6.04. The van der Waals surface area contributed by atoms with Crippen LogP contribution in [0.1, 0.15) is 22.8 Å². The van der Waals surface area contributed by atoms with Gasteiger partial charge in [0.2, 0.25) is 5.91 Å². The molecule has 3 rings (SSSR count). The van der Waals surface area contributed by atoms with Gasteiger partial charge in [0, 0.05) is 18.7 Å². The summed E-state index contributed by atoms with van der Waals surface area (Å²) in [5.41, 5.74) is 2.32. The topological polar surface area (TPSA) is 59.1 Å². The molecule has 1 atom stereocenters. The summed E-state index contributed by atoms with van der Waals surface area (Å²) in [7, 11) is 3.17. The van der Waals surface area contributed by atoms with Gasteiger partial charge in [0.1, 0.15) is 17.5 Å². The zero-order valence-electron chi connectivity index (χ0n) is 16.1. The van der Waals surface area contributed by atoms with Gasteiger partial charge in [-0.15, -0.1) is 0 Å². The molecule has 6 heteroatoms. The van der Waals surface area contributed by atoms with Crippen molar-refractivity contribution in [3.8, 4) is 11.5 Å². The van der Waals surface area contributed by atoms with Gasteiger partial charge < -0.3 is 19.3 Å². The molecular formula is C21H24N2O4. The number of hydrogen-bond acceptors (Lipinski definition) is 4. The molecule has 1 unspecified atom stereocenters. The molecule has 0 N–H and O–H groups in total. The van der Waals surface area contributed by atoms with E-state index in [0.717, 1.165) is 11.3 Å². The van der Waals surface area contributed by atoms with Crippen LogP contribution in [0.4, 0.5) is 5.69 Å². The van der Waals surface area contributed by atoms with Crippen LogP contribution in [0, 0.1) is 6.92 Å². The first-order valence-corrected chi connectivity index (χ1v) is 8.87. The maximum atomic E-state index is 13.0. The van der Waals surface area contributed by atoms with E-state index in [2.05, 4.69) is 0 Å². The monoisotopic (exact) mass is 368 g/mol. The molecule has 142 valence electrons. The number of rotatable bonds is 4. The summed E-state index contributed by atoms with van der Waals surface area (Å²) in [6.45, 7) is 4.61. The molecule has 0 saturated carbocycles. The molecule has 0 spiro atoms. The van der Waals surface area contributed by atoms with Gasteiger partial charge >= 0.3 is 0 Å². The highest BCUT2D eigenvalue weighted by Crippen LogP contribution is 2.31. The Morgan fingerprint density at radius 3 is 2.37 bits per heavy atom. The quantitative estimate of drug-likeness (QED) is 0.833. The molecule has 1 saturated heterocycles. The molecular weight excluding hydrogens is 344 g/mol. The third kappa shape index (κ3) is 3.60. The lowest BCUT2D eigenvalue weighted by Crippen LogP contribution is -2.57. The first-order valence-electron chi connectivity index (χ1n) is 8.87. The highest BCUT2D eigenvalue weighted by atomic mass is 16.5. The number of amides is 2. The van der Waals surface area contributed by atoms with Crippen LogP contribution in [0.25, 0.3) is 0 Å². The number of ether oxygens (including phenoxy) is 2. The Labute approximate surface area is 159 Å². The third-order valence-electron chi connectivity index (χ3n) is 4.88. The van der Waals surface area contributed by atoms with Crippen molar-refractivity contribution < 1.29 is 19.1 Å². The molecule has 1 aliphatic heterocycles. The summed E-state index contributed by atoms with van der Waals surface area (Å²) >= 11 is 0. The Morgan fingerprint density at radius 2 is 1.74 bits per heavy atom. The molecule has 0 aliphatic carbocycles. The van der Waals surface area contributed by atoms with Crippen LogP contribution >= 0.6 is 0 Å². The van der Waals surface area contributed by atoms with Gasteiger partial charge in [-0.2, -0.15) is 0 Å². The van der Waals surface area contributed by atoms with Gasteiger partial charge in [0.05, 0.1) is 19.9 Å². The van der Waals surface area contributed by atoms with Gasteiger partial charge in [0.25, 0.3) is 5.91 Å². The van der Waals surface area contributed by atoms with Crippen molar-refractivity contribution in [3.05, 3.63) is 53.6 Å². The molecule has 0 bridgehead atoms. The number of carbonyl (C=O) groups excluding carboxylic acids is 2. The first-order chi connectivity index (χ1) is 13.0. The number of aryl methyl sites for hydroxylation is 1. The number of piperazine rings is 1. The maximum absolute atomic E-state index is 13.0. The Bertz CT molecular complexity index is 848. The van der Waals surface area contributed by atoms with Crippen LogP contribution in [-0.2, 0) is 4.79 Å². The van der Waals surface area contributed by atoms with E-state index >= 15 is 0 Å². The fraction of sp³-hybridized carbons (Fsp3) is 0.333. The van der Waals surface area contributed by atoms with E-state index in [1.165, 1.54) is 0 Å². The summed E-state index contributed by atoms with van der Waals surface area (Å²) in [5.74, 6) is 1.06. The molecule has 2 aromatic rings. The van der Waals surface area contributed by atoms with Gasteiger partial charge in [-0.25, -0.2) is 0 Å². The van der Waals surface area contributed by atoms with E-state index in [4.69, 9.17) is 9.47 Å². The highest BCUT2D eigenvalue weighted by Gasteiger charge is 2.36. The van der Waals surface area contributed by atoms with E-state index in [-0.39, 0.29) is 11.8 Å². The molecule has 2 aromatic carbocycles. The summed E-state index contributed by atoms with van der Waals surface area (Å²) in [5, 5.41) is 0. The molecule has 0 aromatic heterocycles. The van der Waals surface area contributed by atoms with E-state index in [1.54, 1.807) is 55.2 Å². The van der Waals surface area contributed by atoms with Crippen molar-refractivity contribution in [1.82, 2.24) is 4.90 Å². The number of methoxy groups -OCH3 is 2. The molecule has 2 amide bonds. The largest absolute Gasteiger partial charge is 0.497 e. The minimum Gasteiger partial charge on any atom is -0.497 e. The Morgan fingerprint density at radius 1 is 1.04 bits per heavy atom. The second-order valence-electron chi connectivity index (χ2n) is 6.57. The summed E-state index contributed by atoms with van der Waals surface area (Å²) in [4.78, 5) is 29.2. The summed E-state index contributed by atoms with van der Waals surface area (Å²) < 4.78 is 10.5. The fourth-order valence-corrected chi connectivity index (χ4v) is 3.30. The minimum absolute atomic E-state index is 0.119. The van der Waals surface area contributed by atoms with Gasteiger partial charge in [-0.05, 0) is 55.8 Å². The predicted octanol–water partition coefficient (Wildman–Crippen LogP) is 2.89. The van der Waals surface area contributed by atoms with E-state index in [9.17, 15) is 9.59 Å². The second-order valence-corrected chi connectivity index (χ2v) is 6.57. The Balaban J connectivity index is 1.82. The Kier molecular flexibility index (Phi) is 5.35. The third-order valence-corrected chi connectivity index (χ3v) is 4.88. The molecule has 1 aliphatic rings. The normalized spacial score (nSPS) is 17.0. The number of hydrogen-bond donors (Lipinski definition) is 0. The van der Waals surface area contributed by atoms with Crippen molar-refractivity contribution in [2.45, 2.75) is 19.9 Å². The smallest absolute Gasteiger partial charge is 0.254 e. The van der Waals surface area contributed by atoms with Gasteiger partial charge in [-0.1, -0.05) is 6.07 Å². The number of benzene rings is 2. The molecule has 27 heavy (non-hydrogen) atoms. The van der Waals surface area contributed by atoms with Crippen LogP contribution in [0.2, 0.25) is 0 Å². The number of anilines is 1. The molecule has 1 fully saturated rings. The standard InChI is InChI=1S/C21H24N2O4/c1-14-5-10-19(27-4)18(13-14)23-12-11-22(15(2)20(23)24)21(25)16-6-8-17(26-3)9-7-16/h5-10,13,15H,11-12H2,1-4H3. The number of carbonyl (C=O) groups is 2. The maximum Gasteiger partial charge on any atom is 0.254 e. The van der Waals surface area contributed by atoms with E-state index in [1.807, 2.05) is 25.1 Å². The molecule has 6 nitrogen and oxygen atoms in total. The van der Waals surface area contributed by atoms with Crippen molar-refractivity contribution in [1.29, 1.82) is 0 Å². The fourth-order valence-electron chi connectivity index (χ4n) is 3.30. The van der Waals surface area contributed by atoms with Crippen LogP contribution in [0.5, 0.6) is 11.5 Å². The van der Waals surface area contributed by atoms with Gasteiger partial charge in [0.15, 0.2) is 0 Å². The van der Waals surface area contributed by atoms with Crippen LogP contribution in [0.15, 0.2) is 42.5 Å². The van der Waals surface area contributed by atoms with Crippen molar-refractivity contribution in [2.24, 2.45) is 0 Å². The van der Waals surface area contributed by atoms with Crippen LogP contribution in [0.3, 0.4) is 0 Å². The summed E-state index contributed by atoms with van der Waals surface area (Å²) in [6.07, 6.45) is 0. The SMILES string of the molecule is COc1ccc(C(=O)N2CCN(c3cc(C)ccc3OC)C(=O)C2C)cc1. The average molecular weight is 368 g/mol. The lowest BCUT2D eigenvalue weighted by atomic mass is 10.1. The van der Waals surface area contributed by atoms with Crippen LogP contribution < -0.4 is 14.4 Å². The van der Waals surface area contributed by atoms with Crippen LogP contribution in [-0.4, -0.2) is 50.1 Å². The molecule has 1 heterocycles. The van der Waals surface area contributed by atoms with Crippen molar-refractivity contribution in [2.75, 3.05) is 32.2 Å². The predicted molar refractivity (Wildman–Crippen MR) is 104 cm³/mol. The lowest BCUT2D eigenvalue weighted by Gasteiger charge is -2.39. The average Bonchev–Trinajstić information content (AvgIpc) is 2.69. The van der Waals surface area contributed by atoms with E-state index < -0.39 is 6.04 Å². The van der Waals surface area contributed by atoms with Gasteiger partial charge in [-0.3, -0.25) is 9.59 Å². The lowest BCUT2D eigenvalue weighted by molar-refractivity contribution is -0.124. The first kappa shape index (κ1) is 18.8. The molecule has 0 radical (unpaired) electrons. The zero-order valence-corrected chi connectivity index (χ0v) is 16.1. The zero-order chi connectivity index (χ0) is 19.6.